The van der Waals surface area contributed by atoms with Crippen LogP contribution in [0.1, 0.15) is 42.6 Å². The van der Waals surface area contributed by atoms with Gasteiger partial charge in [-0.1, -0.05) is 19.9 Å². The number of rotatable bonds is 14. The number of hydrogen-bond acceptors (Lipinski definition) is 6. The quantitative estimate of drug-likeness (QED) is 0.274. The monoisotopic (exact) mass is 435 g/mol. The number of nitrogens with zero attached hydrogens (tertiary/aromatic N) is 2. The Bertz CT molecular complexity index is 724. The average molecular weight is 436 g/mol. The van der Waals surface area contributed by atoms with Crippen LogP contribution in [0.5, 0.6) is 0 Å². The van der Waals surface area contributed by atoms with Crippen molar-refractivity contribution in [2.75, 3.05) is 45.6 Å². The van der Waals surface area contributed by atoms with Gasteiger partial charge in [0.15, 0.2) is 0 Å². The van der Waals surface area contributed by atoms with Crippen molar-refractivity contribution in [1.82, 2.24) is 15.1 Å². The first-order valence-corrected chi connectivity index (χ1v) is 11.6. The zero-order chi connectivity index (χ0) is 21.9. The van der Waals surface area contributed by atoms with Gasteiger partial charge in [0.25, 0.3) is 5.91 Å². The van der Waals surface area contributed by atoms with Crippen molar-refractivity contribution in [3.63, 3.8) is 0 Å². The Morgan fingerprint density at radius 3 is 2.77 bits per heavy atom. The number of aldehydes is 1. The second-order valence-corrected chi connectivity index (χ2v) is 8.26. The largest absolute Gasteiger partial charge is 0.379 e. The lowest BCUT2D eigenvalue weighted by atomic mass is 10.1. The summed E-state index contributed by atoms with van der Waals surface area (Å²) in [6.07, 6.45) is 1.31. The molecule has 8 heteroatoms. The molecule has 2 amide bonds. The van der Waals surface area contributed by atoms with Crippen molar-refractivity contribution in [2.24, 2.45) is 0 Å². The van der Waals surface area contributed by atoms with E-state index >= 15 is 0 Å². The molecule has 1 aromatic carbocycles. The number of nitrogens with one attached hydrogen (secondary N) is 1. The summed E-state index contributed by atoms with van der Waals surface area (Å²) in [5.41, 5.74) is 1.61. The molecule has 7 nitrogen and oxygen atoms in total. The summed E-state index contributed by atoms with van der Waals surface area (Å²) in [4.78, 5) is 40.9. The highest BCUT2D eigenvalue weighted by Crippen LogP contribution is 2.33. The van der Waals surface area contributed by atoms with Crippen LogP contribution in [-0.4, -0.2) is 79.6 Å². The second-order valence-electron chi connectivity index (χ2n) is 7.12. The molecule has 1 N–H and O–H groups in total. The van der Waals surface area contributed by atoms with Gasteiger partial charge in [-0.3, -0.25) is 9.59 Å². The molecular formula is C22H33N3O4S. The van der Waals surface area contributed by atoms with E-state index in [4.69, 9.17) is 4.74 Å². The van der Waals surface area contributed by atoms with Crippen molar-refractivity contribution in [1.29, 1.82) is 0 Å². The molecule has 1 aliphatic rings. The highest BCUT2D eigenvalue weighted by Gasteiger charge is 2.34. The third-order valence-electron chi connectivity index (χ3n) is 5.39. The maximum absolute atomic E-state index is 12.8. The molecule has 0 bridgehead atoms. The standard InChI is InChI=1S/C22H33N3O4S/c1-4-24(5-2)11-12-29-13-14-30-20-8-6-7-18-19(20)15-25(22(18)28)17(16-26)9-10-21(27)23-3/h6-8,16-17H,4-5,9-15H2,1-3H3,(H,23,27). The minimum Gasteiger partial charge on any atom is -0.379 e. The zero-order valence-electron chi connectivity index (χ0n) is 18.2. The van der Waals surface area contributed by atoms with Gasteiger partial charge in [0.05, 0.1) is 19.3 Å². The van der Waals surface area contributed by atoms with Gasteiger partial charge in [-0.15, -0.1) is 11.8 Å². The number of carbonyl (C=O) groups excluding carboxylic acids is 3. The molecule has 0 spiro atoms. The molecule has 0 saturated heterocycles. The molecule has 1 unspecified atom stereocenters. The molecule has 0 aromatic heterocycles. The Morgan fingerprint density at radius 1 is 1.33 bits per heavy atom. The van der Waals surface area contributed by atoms with E-state index in [1.54, 1.807) is 23.7 Å². The Hall–Kier alpha value is -1.90. The molecule has 1 heterocycles. The van der Waals surface area contributed by atoms with Gasteiger partial charge in [-0.05, 0) is 37.2 Å². The van der Waals surface area contributed by atoms with Crippen LogP contribution in [0.25, 0.3) is 0 Å². The number of ether oxygens (including phenoxy) is 1. The molecule has 0 radical (unpaired) electrons. The smallest absolute Gasteiger partial charge is 0.255 e. The van der Waals surface area contributed by atoms with Crippen LogP contribution < -0.4 is 5.32 Å². The van der Waals surface area contributed by atoms with Gasteiger partial charge in [0.1, 0.15) is 6.29 Å². The first-order chi connectivity index (χ1) is 14.5. The number of amides is 2. The van der Waals surface area contributed by atoms with Crippen molar-refractivity contribution < 1.29 is 19.1 Å². The normalized spacial score (nSPS) is 14.1. The van der Waals surface area contributed by atoms with E-state index in [0.29, 0.717) is 31.7 Å². The molecule has 1 aliphatic heterocycles. The van der Waals surface area contributed by atoms with E-state index in [9.17, 15) is 14.4 Å². The van der Waals surface area contributed by atoms with Gasteiger partial charge in [0.2, 0.25) is 5.91 Å². The number of benzene rings is 1. The van der Waals surface area contributed by atoms with Gasteiger partial charge < -0.3 is 24.6 Å². The SMILES string of the molecule is CCN(CC)CCOCCSc1cccc2c1CN(C(C=O)CCC(=O)NC)C2=O. The van der Waals surface area contributed by atoms with Crippen LogP contribution in [0.4, 0.5) is 0 Å². The van der Waals surface area contributed by atoms with Gasteiger partial charge in [-0.25, -0.2) is 0 Å². The zero-order valence-corrected chi connectivity index (χ0v) is 19.0. The average Bonchev–Trinajstić information content (AvgIpc) is 3.11. The Morgan fingerprint density at radius 2 is 2.10 bits per heavy atom. The van der Waals surface area contributed by atoms with Gasteiger partial charge in [-0.2, -0.15) is 0 Å². The topological polar surface area (TPSA) is 79.0 Å². The molecule has 0 aliphatic carbocycles. The predicted molar refractivity (Wildman–Crippen MR) is 119 cm³/mol. The third-order valence-corrected chi connectivity index (χ3v) is 6.45. The number of fused-ring (bicyclic) bond motifs is 1. The number of thioether (sulfide) groups is 1. The summed E-state index contributed by atoms with van der Waals surface area (Å²) in [5, 5.41) is 2.55. The summed E-state index contributed by atoms with van der Waals surface area (Å²) in [7, 11) is 1.56. The molecule has 166 valence electrons. The maximum Gasteiger partial charge on any atom is 0.255 e. The van der Waals surface area contributed by atoms with E-state index in [0.717, 1.165) is 42.1 Å². The fourth-order valence-corrected chi connectivity index (χ4v) is 4.42. The molecular weight excluding hydrogens is 402 g/mol. The molecule has 30 heavy (non-hydrogen) atoms. The van der Waals surface area contributed by atoms with E-state index < -0.39 is 6.04 Å². The van der Waals surface area contributed by atoms with E-state index in [-0.39, 0.29) is 18.2 Å². The van der Waals surface area contributed by atoms with Crippen molar-refractivity contribution in [2.45, 2.75) is 44.2 Å². The summed E-state index contributed by atoms with van der Waals surface area (Å²) < 4.78 is 5.75. The minimum atomic E-state index is -0.594. The van der Waals surface area contributed by atoms with Crippen molar-refractivity contribution >= 4 is 29.9 Å². The summed E-state index contributed by atoms with van der Waals surface area (Å²) in [6.45, 7) is 9.05. The summed E-state index contributed by atoms with van der Waals surface area (Å²) >= 11 is 1.67. The number of carbonyl (C=O) groups is 3. The lowest BCUT2D eigenvalue weighted by molar-refractivity contribution is -0.121. The van der Waals surface area contributed by atoms with Crippen LogP contribution in [0.15, 0.2) is 23.1 Å². The third kappa shape index (κ3) is 6.55. The summed E-state index contributed by atoms with van der Waals surface area (Å²) in [5.74, 6) is 0.525. The van der Waals surface area contributed by atoms with E-state index in [1.165, 1.54) is 0 Å². The Kier molecular flexibility index (Phi) is 10.3. The van der Waals surface area contributed by atoms with Crippen LogP contribution in [0.3, 0.4) is 0 Å². The van der Waals surface area contributed by atoms with E-state index in [1.807, 2.05) is 18.2 Å². The van der Waals surface area contributed by atoms with Crippen LogP contribution in [0.2, 0.25) is 0 Å². The first kappa shape index (κ1) is 24.4. The van der Waals surface area contributed by atoms with Gasteiger partial charge >= 0.3 is 0 Å². The molecule has 1 atom stereocenters. The fraction of sp³-hybridized carbons (Fsp3) is 0.591. The maximum atomic E-state index is 12.8. The van der Waals surface area contributed by atoms with Crippen LogP contribution >= 0.6 is 11.8 Å². The van der Waals surface area contributed by atoms with Crippen LogP contribution in [0, 0.1) is 0 Å². The fourth-order valence-electron chi connectivity index (χ4n) is 3.48. The van der Waals surface area contributed by atoms with E-state index in [2.05, 4.69) is 24.1 Å². The molecule has 0 saturated carbocycles. The second kappa shape index (κ2) is 12.7. The van der Waals surface area contributed by atoms with Crippen LogP contribution in [-0.2, 0) is 20.9 Å². The van der Waals surface area contributed by atoms with Gasteiger partial charge in [0, 0.05) is 42.8 Å². The molecule has 2 rings (SSSR count). The Labute approximate surface area is 183 Å². The highest BCUT2D eigenvalue weighted by atomic mass is 32.2. The molecule has 0 fully saturated rings. The first-order valence-electron chi connectivity index (χ1n) is 10.6. The summed E-state index contributed by atoms with van der Waals surface area (Å²) in [6, 6.07) is 5.10. The highest BCUT2D eigenvalue weighted by molar-refractivity contribution is 7.99. The Balaban J connectivity index is 1.89. The van der Waals surface area contributed by atoms with Crippen molar-refractivity contribution in [3.8, 4) is 0 Å². The molecule has 1 aromatic rings. The predicted octanol–water partition coefficient (Wildman–Crippen LogP) is 2.19. The lowest BCUT2D eigenvalue weighted by Gasteiger charge is -2.22. The number of hydrogen-bond donors (Lipinski definition) is 1. The minimum absolute atomic E-state index is 0.136. The van der Waals surface area contributed by atoms with Crippen molar-refractivity contribution in [3.05, 3.63) is 29.3 Å². The number of likely N-dealkylation sites (N-methyl/N-ethyl adjacent to an activating group) is 1. The lowest BCUT2D eigenvalue weighted by Crippen LogP contribution is -2.37.